The lowest BCUT2D eigenvalue weighted by Crippen LogP contribution is -2.20. The fourth-order valence-electron chi connectivity index (χ4n) is 1.57. The molecule has 2 rings (SSSR count). The van der Waals surface area contributed by atoms with Gasteiger partial charge in [-0.05, 0) is 5.56 Å². The van der Waals surface area contributed by atoms with Gasteiger partial charge in [0.1, 0.15) is 0 Å². The molecule has 0 aliphatic rings. The summed E-state index contributed by atoms with van der Waals surface area (Å²) in [5.41, 5.74) is 1.71. The predicted octanol–water partition coefficient (Wildman–Crippen LogP) is 2.83. The third-order valence-corrected chi connectivity index (χ3v) is 3.30. The molecular formula is C13H10BrN3. The third kappa shape index (κ3) is 2.69. The van der Waals surface area contributed by atoms with Gasteiger partial charge < -0.3 is 0 Å². The Morgan fingerprint density at radius 3 is 2.59 bits per heavy atom. The second-order valence-corrected chi connectivity index (χ2v) is 5.02. The highest BCUT2D eigenvalue weighted by atomic mass is 79.9. The van der Waals surface area contributed by atoms with E-state index in [4.69, 9.17) is 0 Å². The van der Waals surface area contributed by atoms with Crippen LogP contribution in [0.2, 0.25) is 0 Å². The maximum absolute atomic E-state index is 9.34. The lowest BCUT2D eigenvalue weighted by atomic mass is 9.97. The Balaban J connectivity index is 2.31. The average molecular weight is 288 g/mol. The molecule has 0 saturated carbocycles. The minimum atomic E-state index is -0.817. The summed E-state index contributed by atoms with van der Waals surface area (Å²) in [4.78, 5) is 8.18. The molecule has 0 fully saturated rings. The number of hydrogen-bond acceptors (Lipinski definition) is 3. The molecule has 4 heteroatoms. The number of nitriles is 1. The Kier molecular flexibility index (Phi) is 3.50. The van der Waals surface area contributed by atoms with E-state index in [2.05, 4.69) is 32.0 Å². The zero-order valence-electron chi connectivity index (χ0n) is 9.05. The molecule has 84 valence electrons. The fraction of sp³-hybridized carbons (Fsp3) is 0.154. The third-order valence-electron chi connectivity index (χ3n) is 2.44. The van der Waals surface area contributed by atoms with Crippen molar-refractivity contribution < 1.29 is 0 Å². The maximum atomic E-state index is 9.34. The van der Waals surface area contributed by atoms with E-state index in [-0.39, 0.29) is 0 Å². The normalized spacial score (nSPS) is 13.6. The first-order valence-electron chi connectivity index (χ1n) is 5.15. The molecule has 1 atom stereocenters. The summed E-state index contributed by atoms with van der Waals surface area (Å²) >= 11 is 3.47. The van der Waals surface area contributed by atoms with Gasteiger partial charge in [0.2, 0.25) is 0 Å². The number of benzene rings is 1. The van der Waals surface area contributed by atoms with Crippen molar-refractivity contribution in [2.24, 2.45) is 0 Å². The molecule has 0 saturated heterocycles. The largest absolute Gasteiger partial charge is 0.261 e. The SMILES string of the molecule is N#CC(Br)(Cc1ccccc1)c1cnccn1. The van der Waals surface area contributed by atoms with Crippen molar-refractivity contribution in [3.8, 4) is 6.07 Å². The van der Waals surface area contributed by atoms with Gasteiger partial charge in [-0.1, -0.05) is 46.3 Å². The van der Waals surface area contributed by atoms with Gasteiger partial charge in [-0.2, -0.15) is 5.26 Å². The molecule has 1 aromatic heterocycles. The van der Waals surface area contributed by atoms with Crippen molar-refractivity contribution in [3.05, 3.63) is 60.2 Å². The number of hydrogen-bond donors (Lipinski definition) is 0. The molecule has 0 N–H and O–H groups in total. The van der Waals surface area contributed by atoms with Crippen LogP contribution < -0.4 is 0 Å². The van der Waals surface area contributed by atoms with E-state index in [0.717, 1.165) is 5.56 Å². The Labute approximate surface area is 108 Å². The highest BCUT2D eigenvalue weighted by molar-refractivity contribution is 9.09. The van der Waals surface area contributed by atoms with Crippen LogP contribution in [0.3, 0.4) is 0 Å². The van der Waals surface area contributed by atoms with Crippen molar-refractivity contribution >= 4 is 15.9 Å². The van der Waals surface area contributed by atoms with E-state index < -0.39 is 4.32 Å². The van der Waals surface area contributed by atoms with Crippen LogP contribution in [0.5, 0.6) is 0 Å². The van der Waals surface area contributed by atoms with E-state index in [1.54, 1.807) is 18.6 Å². The van der Waals surface area contributed by atoms with Crippen molar-refractivity contribution in [1.82, 2.24) is 9.97 Å². The molecule has 0 amide bonds. The van der Waals surface area contributed by atoms with Crippen LogP contribution in [0.15, 0.2) is 48.9 Å². The van der Waals surface area contributed by atoms with Crippen LogP contribution in [0, 0.1) is 11.3 Å². The van der Waals surface area contributed by atoms with Crippen LogP contribution in [-0.4, -0.2) is 9.97 Å². The standard InChI is InChI=1S/C13H10BrN3/c14-13(10-15,12-9-16-6-7-17-12)8-11-4-2-1-3-5-11/h1-7,9H,8H2. The summed E-state index contributed by atoms with van der Waals surface area (Å²) in [6.07, 6.45) is 5.36. The Morgan fingerprint density at radius 2 is 2.00 bits per heavy atom. The summed E-state index contributed by atoms with van der Waals surface area (Å²) < 4.78 is -0.817. The predicted molar refractivity (Wildman–Crippen MR) is 68.4 cm³/mol. The van der Waals surface area contributed by atoms with Crippen molar-refractivity contribution in [3.63, 3.8) is 0 Å². The molecule has 0 aliphatic heterocycles. The minimum absolute atomic E-state index is 0.559. The van der Waals surface area contributed by atoms with Crippen LogP contribution in [-0.2, 0) is 10.7 Å². The number of halogens is 1. The lowest BCUT2D eigenvalue weighted by molar-refractivity contribution is 0.757. The van der Waals surface area contributed by atoms with E-state index in [1.807, 2.05) is 30.3 Å². The van der Waals surface area contributed by atoms with Crippen LogP contribution in [0.25, 0.3) is 0 Å². The molecule has 0 radical (unpaired) electrons. The second kappa shape index (κ2) is 5.07. The van der Waals surface area contributed by atoms with Gasteiger partial charge in [0, 0.05) is 18.8 Å². The Hall–Kier alpha value is -1.73. The zero-order chi connectivity index (χ0) is 12.1. The molecular weight excluding hydrogens is 278 g/mol. The molecule has 3 nitrogen and oxygen atoms in total. The summed E-state index contributed by atoms with van der Waals surface area (Å²) in [6, 6.07) is 12.1. The molecule has 0 aliphatic carbocycles. The van der Waals surface area contributed by atoms with Gasteiger partial charge in [0.05, 0.1) is 18.0 Å². The smallest absolute Gasteiger partial charge is 0.159 e. The summed E-state index contributed by atoms with van der Waals surface area (Å²) in [6.45, 7) is 0. The van der Waals surface area contributed by atoms with Crippen LogP contribution in [0.1, 0.15) is 11.3 Å². The number of aromatic nitrogens is 2. The topological polar surface area (TPSA) is 49.6 Å². The van der Waals surface area contributed by atoms with Gasteiger partial charge in [-0.25, -0.2) is 0 Å². The van der Waals surface area contributed by atoms with Crippen molar-refractivity contribution in [2.45, 2.75) is 10.7 Å². The summed E-state index contributed by atoms with van der Waals surface area (Å²) in [5.74, 6) is 0. The van der Waals surface area contributed by atoms with E-state index in [9.17, 15) is 5.26 Å². The fourth-order valence-corrected chi connectivity index (χ4v) is 2.10. The van der Waals surface area contributed by atoms with Gasteiger partial charge in [-0.3, -0.25) is 9.97 Å². The molecule has 0 spiro atoms. The Morgan fingerprint density at radius 1 is 1.24 bits per heavy atom. The summed E-state index contributed by atoms with van der Waals surface area (Å²) in [7, 11) is 0. The lowest BCUT2D eigenvalue weighted by Gasteiger charge is -2.18. The first-order valence-corrected chi connectivity index (χ1v) is 5.94. The van der Waals surface area contributed by atoms with Crippen molar-refractivity contribution in [2.75, 3.05) is 0 Å². The summed E-state index contributed by atoms with van der Waals surface area (Å²) in [5, 5.41) is 9.34. The second-order valence-electron chi connectivity index (χ2n) is 3.67. The van der Waals surface area contributed by atoms with E-state index >= 15 is 0 Å². The first kappa shape index (κ1) is 11.7. The van der Waals surface area contributed by atoms with Crippen LogP contribution in [0.4, 0.5) is 0 Å². The molecule has 1 aromatic carbocycles. The van der Waals surface area contributed by atoms with Gasteiger partial charge in [-0.15, -0.1) is 0 Å². The highest BCUT2D eigenvalue weighted by Gasteiger charge is 2.31. The maximum Gasteiger partial charge on any atom is 0.159 e. The first-order chi connectivity index (χ1) is 8.24. The molecule has 2 aromatic rings. The minimum Gasteiger partial charge on any atom is -0.261 e. The molecule has 0 bridgehead atoms. The van der Waals surface area contributed by atoms with Gasteiger partial charge in [0.15, 0.2) is 4.32 Å². The van der Waals surface area contributed by atoms with Gasteiger partial charge >= 0.3 is 0 Å². The highest BCUT2D eigenvalue weighted by Crippen LogP contribution is 2.32. The zero-order valence-corrected chi connectivity index (χ0v) is 10.6. The number of rotatable bonds is 3. The molecule has 1 heterocycles. The Bertz CT molecular complexity index is 521. The van der Waals surface area contributed by atoms with Crippen molar-refractivity contribution in [1.29, 1.82) is 5.26 Å². The average Bonchev–Trinajstić information content (AvgIpc) is 2.41. The van der Waals surface area contributed by atoms with Crippen LogP contribution >= 0.6 is 15.9 Å². The monoisotopic (exact) mass is 287 g/mol. The van der Waals surface area contributed by atoms with Gasteiger partial charge in [0.25, 0.3) is 0 Å². The van der Waals surface area contributed by atoms with E-state index in [1.165, 1.54) is 0 Å². The molecule has 1 unspecified atom stereocenters. The quantitative estimate of drug-likeness (QED) is 0.816. The molecule has 17 heavy (non-hydrogen) atoms. The number of nitrogens with zero attached hydrogens (tertiary/aromatic N) is 3. The number of alkyl halides is 1. The van der Waals surface area contributed by atoms with E-state index in [0.29, 0.717) is 12.1 Å².